The van der Waals surface area contributed by atoms with E-state index in [1.54, 1.807) is 0 Å². The first-order valence-electron chi connectivity index (χ1n) is 6.03. The largest absolute Gasteiger partial charge is 0.493 e. The van der Waals surface area contributed by atoms with Crippen molar-refractivity contribution in [2.24, 2.45) is 0 Å². The van der Waals surface area contributed by atoms with Gasteiger partial charge in [0.15, 0.2) is 0 Å². The molecule has 4 heteroatoms. The maximum Gasteiger partial charge on any atom is 0.148 e. The minimum absolute atomic E-state index is 0.246. The summed E-state index contributed by atoms with van der Waals surface area (Å²) >= 11 is 0. The number of aliphatic hydroxyl groups is 1. The number of carbonyl (C=O) groups excluding carboxylic acids is 1. The summed E-state index contributed by atoms with van der Waals surface area (Å²) in [5, 5.41) is 9.47. The third-order valence-electron chi connectivity index (χ3n) is 3.35. The number of hydrogen-bond donors (Lipinski definition) is 1. The lowest BCUT2D eigenvalue weighted by molar-refractivity contribution is -0.115. The van der Waals surface area contributed by atoms with Gasteiger partial charge in [-0.1, -0.05) is 13.8 Å². The highest BCUT2D eigenvalue weighted by molar-refractivity contribution is 5.56. The molecule has 2 rings (SSSR count). The first-order valence-corrected chi connectivity index (χ1v) is 6.03. The van der Waals surface area contributed by atoms with Crippen LogP contribution in [0.25, 0.3) is 0 Å². The van der Waals surface area contributed by atoms with Crippen LogP contribution in [0.2, 0.25) is 0 Å². The number of carbonyl (C=O) groups is 1. The molecule has 1 heterocycles. The Morgan fingerprint density at radius 1 is 1.56 bits per heavy atom. The van der Waals surface area contributed by atoms with Gasteiger partial charge in [0.2, 0.25) is 0 Å². The highest BCUT2D eigenvalue weighted by Crippen LogP contribution is 2.40. The molecule has 3 nitrogen and oxygen atoms in total. The van der Waals surface area contributed by atoms with E-state index in [2.05, 4.69) is 0 Å². The van der Waals surface area contributed by atoms with Crippen molar-refractivity contribution in [1.29, 1.82) is 0 Å². The van der Waals surface area contributed by atoms with Gasteiger partial charge in [0.25, 0.3) is 0 Å². The summed E-state index contributed by atoms with van der Waals surface area (Å²) in [6, 6.07) is 2.92. The van der Waals surface area contributed by atoms with E-state index in [9.17, 15) is 14.3 Å². The summed E-state index contributed by atoms with van der Waals surface area (Å²) < 4.78 is 19.1. The van der Waals surface area contributed by atoms with E-state index in [0.29, 0.717) is 25.1 Å². The van der Waals surface area contributed by atoms with Crippen LogP contribution in [0.5, 0.6) is 5.75 Å². The minimum atomic E-state index is -1.04. The van der Waals surface area contributed by atoms with Crippen LogP contribution in [-0.2, 0) is 16.6 Å². The van der Waals surface area contributed by atoms with Crippen LogP contribution in [0.1, 0.15) is 31.4 Å². The fourth-order valence-corrected chi connectivity index (χ4v) is 2.45. The van der Waals surface area contributed by atoms with Gasteiger partial charge in [0.1, 0.15) is 24.0 Å². The molecule has 18 heavy (non-hydrogen) atoms. The van der Waals surface area contributed by atoms with Gasteiger partial charge in [0, 0.05) is 17.5 Å². The molecule has 0 bridgehead atoms. The Morgan fingerprint density at radius 3 is 2.94 bits per heavy atom. The zero-order valence-electron chi connectivity index (χ0n) is 10.6. The molecule has 0 amide bonds. The molecule has 0 unspecified atom stereocenters. The Balaban J connectivity index is 2.41. The SMILES string of the molecule is CC(C)(C[C@@H](O)C=O)c1cc(F)cc2c1OCC2. The fraction of sp³-hybridized carbons (Fsp3) is 0.500. The number of aldehydes is 1. The summed E-state index contributed by atoms with van der Waals surface area (Å²) in [5.74, 6) is 0.405. The quantitative estimate of drug-likeness (QED) is 0.834. The highest BCUT2D eigenvalue weighted by Gasteiger charge is 2.31. The highest BCUT2D eigenvalue weighted by atomic mass is 19.1. The van der Waals surface area contributed by atoms with E-state index in [4.69, 9.17) is 4.74 Å². The van der Waals surface area contributed by atoms with Crippen molar-refractivity contribution in [3.05, 3.63) is 29.1 Å². The van der Waals surface area contributed by atoms with Crippen molar-refractivity contribution in [3.63, 3.8) is 0 Å². The molecule has 0 saturated carbocycles. The van der Waals surface area contributed by atoms with E-state index < -0.39 is 11.5 Å². The first kappa shape index (κ1) is 13.0. The second kappa shape index (κ2) is 4.69. The lowest BCUT2D eigenvalue weighted by atomic mass is 9.78. The van der Waals surface area contributed by atoms with Gasteiger partial charge >= 0.3 is 0 Å². The smallest absolute Gasteiger partial charge is 0.148 e. The number of fused-ring (bicyclic) bond motifs is 1. The summed E-state index contributed by atoms with van der Waals surface area (Å²) in [5.41, 5.74) is 1.06. The Bertz CT molecular complexity index is 468. The monoisotopic (exact) mass is 252 g/mol. The van der Waals surface area contributed by atoms with E-state index in [1.807, 2.05) is 13.8 Å². The zero-order valence-corrected chi connectivity index (χ0v) is 10.6. The molecule has 1 aliphatic heterocycles. The Labute approximate surface area is 106 Å². The van der Waals surface area contributed by atoms with Crippen molar-refractivity contribution in [1.82, 2.24) is 0 Å². The Morgan fingerprint density at radius 2 is 2.28 bits per heavy atom. The Kier molecular flexibility index (Phi) is 3.39. The van der Waals surface area contributed by atoms with E-state index >= 15 is 0 Å². The first-order chi connectivity index (χ1) is 8.44. The van der Waals surface area contributed by atoms with Crippen LogP contribution in [0.3, 0.4) is 0 Å². The summed E-state index contributed by atoms with van der Waals surface area (Å²) in [6.45, 7) is 4.30. The molecule has 1 aromatic carbocycles. The van der Waals surface area contributed by atoms with Gasteiger partial charge in [-0.05, 0) is 24.0 Å². The number of rotatable bonds is 4. The number of ether oxygens (including phenoxy) is 1. The molecule has 1 aliphatic rings. The lowest BCUT2D eigenvalue weighted by Gasteiger charge is -2.28. The second-order valence-electron chi connectivity index (χ2n) is 5.33. The van der Waals surface area contributed by atoms with Crippen molar-refractivity contribution >= 4 is 6.29 Å². The van der Waals surface area contributed by atoms with E-state index in [0.717, 1.165) is 11.1 Å². The predicted molar refractivity (Wildman–Crippen MR) is 65.3 cm³/mol. The van der Waals surface area contributed by atoms with Crippen molar-refractivity contribution in [2.45, 2.75) is 38.2 Å². The van der Waals surface area contributed by atoms with Crippen LogP contribution >= 0.6 is 0 Å². The van der Waals surface area contributed by atoms with Crippen LogP contribution in [-0.4, -0.2) is 24.1 Å². The number of benzene rings is 1. The van der Waals surface area contributed by atoms with Gasteiger partial charge in [-0.3, -0.25) is 0 Å². The normalized spacial score (nSPS) is 16.0. The molecular formula is C14H17FO3. The standard InChI is InChI=1S/C14H17FO3/c1-14(2,7-11(17)8-16)12-6-10(15)5-9-3-4-18-13(9)12/h5-6,8,11,17H,3-4,7H2,1-2H3/t11-/m1/s1. The molecule has 0 aromatic heterocycles. The molecule has 0 saturated heterocycles. The van der Waals surface area contributed by atoms with Crippen molar-refractivity contribution < 1.29 is 19.0 Å². The number of aliphatic hydroxyl groups excluding tert-OH is 1. The van der Waals surface area contributed by atoms with Crippen LogP contribution < -0.4 is 4.74 Å². The molecule has 0 spiro atoms. The maximum absolute atomic E-state index is 13.6. The third-order valence-corrected chi connectivity index (χ3v) is 3.35. The third kappa shape index (κ3) is 2.38. The topological polar surface area (TPSA) is 46.5 Å². The minimum Gasteiger partial charge on any atom is -0.493 e. The van der Waals surface area contributed by atoms with Gasteiger partial charge in [-0.25, -0.2) is 4.39 Å². The summed E-state index contributed by atoms with van der Waals surface area (Å²) in [6.07, 6.45) is 0.407. The molecule has 98 valence electrons. The van der Waals surface area contributed by atoms with Gasteiger partial charge in [0.05, 0.1) is 6.61 Å². The number of hydrogen-bond acceptors (Lipinski definition) is 3. The van der Waals surface area contributed by atoms with E-state index in [1.165, 1.54) is 12.1 Å². The molecule has 0 radical (unpaired) electrons. The van der Waals surface area contributed by atoms with Crippen LogP contribution in [0.15, 0.2) is 12.1 Å². The Hall–Kier alpha value is -1.42. The molecule has 0 fully saturated rings. The van der Waals surface area contributed by atoms with Crippen LogP contribution in [0, 0.1) is 5.82 Å². The molecular weight excluding hydrogens is 235 g/mol. The van der Waals surface area contributed by atoms with Crippen molar-refractivity contribution in [3.8, 4) is 5.75 Å². The predicted octanol–water partition coefficient (Wildman–Crippen LogP) is 1.99. The fourth-order valence-electron chi connectivity index (χ4n) is 2.45. The average molecular weight is 252 g/mol. The molecule has 0 aliphatic carbocycles. The molecule has 1 atom stereocenters. The molecule has 1 aromatic rings. The second-order valence-corrected chi connectivity index (χ2v) is 5.33. The summed E-state index contributed by atoms with van der Waals surface area (Å²) in [7, 11) is 0. The van der Waals surface area contributed by atoms with Crippen molar-refractivity contribution in [2.75, 3.05) is 6.61 Å². The average Bonchev–Trinajstić information content (AvgIpc) is 2.74. The van der Waals surface area contributed by atoms with Crippen LogP contribution in [0.4, 0.5) is 4.39 Å². The van der Waals surface area contributed by atoms with E-state index in [-0.39, 0.29) is 12.2 Å². The van der Waals surface area contributed by atoms with Gasteiger partial charge in [-0.2, -0.15) is 0 Å². The molecule has 1 N–H and O–H groups in total. The zero-order chi connectivity index (χ0) is 13.3. The van der Waals surface area contributed by atoms with Gasteiger partial charge < -0.3 is 14.6 Å². The summed E-state index contributed by atoms with van der Waals surface area (Å²) in [4.78, 5) is 10.6. The lowest BCUT2D eigenvalue weighted by Crippen LogP contribution is -2.26. The van der Waals surface area contributed by atoms with Gasteiger partial charge in [-0.15, -0.1) is 0 Å². The number of halogens is 1. The maximum atomic E-state index is 13.6.